The van der Waals surface area contributed by atoms with Crippen molar-refractivity contribution in [3.63, 3.8) is 0 Å². The second-order valence-corrected chi connectivity index (χ2v) is 4.91. The van der Waals surface area contributed by atoms with Crippen molar-refractivity contribution in [3.05, 3.63) is 33.8 Å². The van der Waals surface area contributed by atoms with Gasteiger partial charge >= 0.3 is 0 Å². The number of hydrogen-bond donors (Lipinski definition) is 2. The Morgan fingerprint density at radius 3 is 2.19 bits per heavy atom. The molecule has 16 heavy (non-hydrogen) atoms. The van der Waals surface area contributed by atoms with E-state index in [4.69, 9.17) is 28.3 Å². The zero-order chi connectivity index (χ0) is 11.5. The quantitative estimate of drug-likeness (QED) is 0.889. The second kappa shape index (κ2) is 6.67. The Bertz CT molecular complexity index is 322. The molecule has 1 aromatic carbocycles. The van der Waals surface area contributed by atoms with Gasteiger partial charge in [-0.3, -0.25) is 0 Å². The third kappa shape index (κ3) is 4.48. The third-order valence-corrected chi connectivity index (χ3v) is 2.91. The number of rotatable bonds is 4. The van der Waals surface area contributed by atoms with E-state index < -0.39 is 0 Å². The summed E-state index contributed by atoms with van der Waals surface area (Å²) in [6.45, 7) is 4.44. The number of aliphatic hydroxyl groups is 1. The highest BCUT2D eigenvalue weighted by Gasteiger charge is 2.16. The largest absolute Gasteiger partial charge is 0.394 e. The summed E-state index contributed by atoms with van der Waals surface area (Å²) in [5.74, 6) is 0. The van der Waals surface area contributed by atoms with Gasteiger partial charge in [-0.25, -0.2) is 0 Å². The monoisotopic (exact) mass is 283 g/mol. The van der Waals surface area contributed by atoms with Crippen molar-refractivity contribution in [2.75, 3.05) is 6.61 Å². The van der Waals surface area contributed by atoms with Gasteiger partial charge in [-0.05, 0) is 26.0 Å². The van der Waals surface area contributed by atoms with Gasteiger partial charge in [0.05, 0.1) is 6.61 Å². The van der Waals surface area contributed by atoms with E-state index in [1.165, 1.54) is 0 Å². The number of nitrogens with one attached hydrogen (secondary N) is 1. The fourth-order valence-corrected chi connectivity index (χ4v) is 1.62. The Balaban J connectivity index is 0.00000225. The average molecular weight is 285 g/mol. The molecule has 0 aliphatic carbocycles. The Hall–Kier alpha value is 0.01000. The van der Waals surface area contributed by atoms with Crippen molar-refractivity contribution in [2.45, 2.75) is 25.9 Å². The van der Waals surface area contributed by atoms with Crippen molar-refractivity contribution in [2.24, 2.45) is 0 Å². The van der Waals surface area contributed by atoms with E-state index in [9.17, 15) is 0 Å². The molecule has 0 fully saturated rings. The van der Waals surface area contributed by atoms with Crippen molar-refractivity contribution >= 4 is 35.6 Å². The third-order valence-electron chi connectivity index (χ3n) is 2.20. The molecule has 0 amide bonds. The van der Waals surface area contributed by atoms with Gasteiger partial charge in [-0.1, -0.05) is 29.3 Å². The van der Waals surface area contributed by atoms with Crippen molar-refractivity contribution in [3.8, 4) is 0 Å². The zero-order valence-electron chi connectivity index (χ0n) is 9.26. The van der Waals surface area contributed by atoms with Gasteiger partial charge in [0.2, 0.25) is 0 Å². The van der Waals surface area contributed by atoms with Crippen LogP contribution in [0.4, 0.5) is 0 Å². The van der Waals surface area contributed by atoms with E-state index in [0.717, 1.165) is 5.56 Å². The van der Waals surface area contributed by atoms with E-state index in [1.54, 1.807) is 12.1 Å². The van der Waals surface area contributed by atoms with Crippen LogP contribution in [0.1, 0.15) is 19.4 Å². The smallest absolute Gasteiger partial charge is 0.0607 e. The average Bonchev–Trinajstić information content (AvgIpc) is 2.17. The number of benzene rings is 1. The standard InChI is InChI=1S/C11H15Cl2NO.ClH/c1-11(2,7-15)14-6-8-9(12)4-3-5-10(8)13;/h3-5,14-15H,6-7H2,1-2H3;1H. The predicted molar refractivity (Wildman–Crippen MR) is 71.7 cm³/mol. The summed E-state index contributed by atoms with van der Waals surface area (Å²) in [6, 6.07) is 5.41. The van der Waals surface area contributed by atoms with E-state index >= 15 is 0 Å². The first kappa shape index (κ1) is 16.0. The molecule has 0 saturated carbocycles. The van der Waals surface area contributed by atoms with Gasteiger partial charge < -0.3 is 10.4 Å². The number of aliphatic hydroxyl groups excluding tert-OH is 1. The van der Waals surface area contributed by atoms with Crippen LogP contribution in [0.5, 0.6) is 0 Å². The van der Waals surface area contributed by atoms with E-state index in [-0.39, 0.29) is 24.6 Å². The van der Waals surface area contributed by atoms with Gasteiger partial charge in [0, 0.05) is 27.7 Å². The van der Waals surface area contributed by atoms with Gasteiger partial charge in [0.1, 0.15) is 0 Å². The molecule has 2 N–H and O–H groups in total. The van der Waals surface area contributed by atoms with Crippen molar-refractivity contribution < 1.29 is 5.11 Å². The van der Waals surface area contributed by atoms with Gasteiger partial charge in [-0.15, -0.1) is 12.4 Å². The number of halogens is 3. The summed E-state index contributed by atoms with van der Waals surface area (Å²) in [5, 5.41) is 13.6. The molecule has 0 aliphatic heterocycles. The summed E-state index contributed by atoms with van der Waals surface area (Å²) in [6.07, 6.45) is 0. The molecule has 1 aromatic rings. The molecule has 0 unspecified atom stereocenters. The molecule has 0 bridgehead atoms. The maximum absolute atomic E-state index is 9.08. The SMILES string of the molecule is CC(C)(CO)NCc1c(Cl)cccc1Cl.Cl. The minimum Gasteiger partial charge on any atom is -0.394 e. The Morgan fingerprint density at radius 1 is 1.25 bits per heavy atom. The molecule has 0 heterocycles. The van der Waals surface area contributed by atoms with Crippen LogP contribution < -0.4 is 5.32 Å². The first-order valence-electron chi connectivity index (χ1n) is 4.75. The highest BCUT2D eigenvalue weighted by Crippen LogP contribution is 2.24. The Morgan fingerprint density at radius 2 is 1.75 bits per heavy atom. The van der Waals surface area contributed by atoms with Crippen LogP contribution in [0.2, 0.25) is 10.0 Å². The summed E-state index contributed by atoms with van der Waals surface area (Å²) >= 11 is 12.0. The summed E-state index contributed by atoms with van der Waals surface area (Å²) in [5.41, 5.74) is 0.532. The molecule has 92 valence electrons. The Labute approximate surface area is 112 Å². The lowest BCUT2D eigenvalue weighted by atomic mass is 10.1. The molecule has 0 radical (unpaired) electrons. The van der Waals surface area contributed by atoms with Crippen molar-refractivity contribution in [1.29, 1.82) is 0 Å². The second-order valence-electron chi connectivity index (χ2n) is 4.10. The first-order valence-corrected chi connectivity index (χ1v) is 5.50. The lowest BCUT2D eigenvalue weighted by molar-refractivity contribution is 0.187. The van der Waals surface area contributed by atoms with Crippen LogP contribution in [0.15, 0.2) is 18.2 Å². The molecule has 5 heteroatoms. The zero-order valence-corrected chi connectivity index (χ0v) is 11.6. The van der Waals surface area contributed by atoms with E-state index in [2.05, 4.69) is 5.32 Å². The van der Waals surface area contributed by atoms with E-state index in [0.29, 0.717) is 16.6 Å². The normalized spacial score (nSPS) is 11.1. The van der Waals surface area contributed by atoms with Crippen LogP contribution >= 0.6 is 35.6 Å². The fourth-order valence-electron chi connectivity index (χ4n) is 1.08. The minimum absolute atomic E-state index is 0. The first-order chi connectivity index (χ1) is 6.96. The highest BCUT2D eigenvalue weighted by atomic mass is 35.5. The lowest BCUT2D eigenvalue weighted by Crippen LogP contribution is -2.42. The molecule has 0 aliphatic rings. The van der Waals surface area contributed by atoms with Crippen LogP contribution in [0, 0.1) is 0 Å². The maximum Gasteiger partial charge on any atom is 0.0607 e. The van der Waals surface area contributed by atoms with Gasteiger partial charge in [0.25, 0.3) is 0 Å². The molecule has 0 aromatic heterocycles. The lowest BCUT2D eigenvalue weighted by Gasteiger charge is -2.24. The van der Waals surface area contributed by atoms with Gasteiger partial charge in [0.15, 0.2) is 0 Å². The summed E-state index contributed by atoms with van der Waals surface area (Å²) in [4.78, 5) is 0. The van der Waals surface area contributed by atoms with Crippen LogP contribution in [-0.4, -0.2) is 17.3 Å². The summed E-state index contributed by atoms with van der Waals surface area (Å²) in [7, 11) is 0. The van der Waals surface area contributed by atoms with Crippen LogP contribution in [-0.2, 0) is 6.54 Å². The van der Waals surface area contributed by atoms with E-state index in [1.807, 2.05) is 19.9 Å². The molecule has 1 rings (SSSR count). The summed E-state index contributed by atoms with van der Waals surface area (Å²) < 4.78 is 0. The molecule has 0 saturated heterocycles. The van der Waals surface area contributed by atoms with Gasteiger partial charge in [-0.2, -0.15) is 0 Å². The van der Waals surface area contributed by atoms with Crippen molar-refractivity contribution in [1.82, 2.24) is 5.32 Å². The topological polar surface area (TPSA) is 32.3 Å². The minimum atomic E-state index is -0.331. The van der Waals surface area contributed by atoms with Crippen LogP contribution in [0.25, 0.3) is 0 Å². The molecular formula is C11H16Cl3NO. The fraction of sp³-hybridized carbons (Fsp3) is 0.455. The molecule has 0 atom stereocenters. The van der Waals surface area contributed by atoms with Crippen LogP contribution in [0.3, 0.4) is 0 Å². The molecule has 2 nitrogen and oxygen atoms in total. The highest BCUT2D eigenvalue weighted by molar-refractivity contribution is 6.35. The molecular weight excluding hydrogens is 268 g/mol. The number of hydrogen-bond acceptors (Lipinski definition) is 2. The predicted octanol–water partition coefficient (Wildman–Crippen LogP) is 3.28. The Kier molecular flexibility index (Phi) is 6.68. The molecule has 0 spiro atoms. The maximum atomic E-state index is 9.08.